The fourth-order valence-corrected chi connectivity index (χ4v) is 10.2. The van der Waals surface area contributed by atoms with Crippen LogP contribution < -0.4 is 0 Å². The third-order valence-corrected chi connectivity index (χ3v) is 12.4. The molecule has 0 N–H and O–H groups in total. The van der Waals surface area contributed by atoms with Crippen molar-refractivity contribution in [3.63, 3.8) is 0 Å². The summed E-state index contributed by atoms with van der Waals surface area (Å²) in [6.45, 7) is 0. The number of hydrogen-bond donors (Lipinski definition) is 0. The van der Waals surface area contributed by atoms with Crippen molar-refractivity contribution < 1.29 is 0 Å². The summed E-state index contributed by atoms with van der Waals surface area (Å²) in [4.78, 5) is 4.79. The van der Waals surface area contributed by atoms with Gasteiger partial charge in [0.2, 0.25) is 0 Å². The molecule has 0 aliphatic carbocycles. The van der Waals surface area contributed by atoms with E-state index < -0.39 is 0 Å². The van der Waals surface area contributed by atoms with Crippen molar-refractivity contribution in [3.8, 4) is 33.8 Å². The van der Waals surface area contributed by atoms with Crippen molar-refractivity contribution in [2.75, 3.05) is 0 Å². The van der Waals surface area contributed by atoms with E-state index in [4.69, 9.17) is 10.1 Å². The van der Waals surface area contributed by atoms with E-state index in [2.05, 4.69) is 160 Å². The third kappa shape index (κ3) is 4.24. The summed E-state index contributed by atoms with van der Waals surface area (Å²) < 4.78 is 7.21. The Kier molecular flexibility index (Phi) is 6.20. The van der Waals surface area contributed by atoms with Crippen LogP contribution in [-0.2, 0) is 0 Å². The molecule has 0 saturated carbocycles. The van der Waals surface area contributed by atoms with Gasteiger partial charge < -0.3 is 0 Å². The first-order chi connectivity index (χ1) is 25.3. The van der Waals surface area contributed by atoms with Gasteiger partial charge in [-0.3, -0.25) is 0 Å². The van der Waals surface area contributed by atoms with Crippen LogP contribution in [0.5, 0.6) is 0 Å². The average Bonchev–Trinajstić information content (AvgIpc) is 3.86. The first-order valence-electron chi connectivity index (χ1n) is 17.0. The van der Waals surface area contributed by atoms with Gasteiger partial charge in [-0.1, -0.05) is 0 Å². The van der Waals surface area contributed by atoms with E-state index in [0.29, 0.717) is 0 Å². The quantitative estimate of drug-likeness (QED) is 0.170. The van der Waals surface area contributed by atoms with Gasteiger partial charge in [-0.15, -0.1) is 0 Å². The van der Waals surface area contributed by atoms with Crippen LogP contribution in [0.3, 0.4) is 0 Å². The van der Waals surface area contributed by atoms with E-state index in [1.807, 2.05) is 18.6 Å². The number of fused-ring (bicyclic) bond motifs is 9. The summed E-state index contributed by atoms with van der Waals surface area (Å²) in [5.74, 6) is 0. The van der Waals surface area contributed by atoms with Gasteiger partial charge in [-0.2, -0.15) is 0 Å². The van der Waals surface area contributed by atoms with Crippen LogP contribution in [0.2, 0.25) is 0 Å². The molecule has 5 heterocycles. The van der Waals surface area contributed by atoms with Crippen LogP contribution in [0.15, 0.2) is 164 Å². The Morgan fingerprint density at radius 2 is 0.961 bits per heavy atom. The second-order valence-corrected chi connectivity index (χ2v) is 15.2. The molecule has 0 amide bonds. The van der Waals surface area contributed by atoms with Crippen molar-refractivity contribution >= 4 is 77.4 Å². The van der Waals surface area contributed by atoms with Crippen LogP contribution in [0.1, 0.15) is 0 Å². The summed E-state index contributed by atoms with van der Waals surface area (Å²) in [6.07, 6.45) is 6.03. The molecule has 6 aromatic carbocycles. The van der Waals surface area contributed by atoms with E-state index in [1.165, 1.54) is 62.9 Å². The second kappa shape index (κ2) is 11.1. The molecular formula is C45H27N5Se. The fraction of sp³-hybridized carbons (Fsp3) is 0. The van der Waals surface area contributed by atoms with Gasteiger partial charge in [0.05, 0.1) is 0 Å². The molecule has 0 saturated heterocycles. The van der Waals surface area contributed by atoms with Gasteiger partial charge in [0.15, 0.2) is 0 Å². The zero-order valence-corrected chi connectivity index (χ0v) is 28.9. The van der Waals surface area contributed by atoms with E-state index in [1.54, 1.807) is 0 Å². The summed E-state index contributed by atoms with van der Waals surface area (Å²) in [7, 11) is 0. The molecule has 0 aliphatic heterocycles. The molecule has 0 aliphatic rings. The molecule has 0 bridgehead atoms. The van der Waals surface area contributed by atoms with Gasteiger partial charge in [0.1, 0.15) is 0 Å². The van der Waals surface area contributed by atoms with Crippen LogP contribution >= 0.6 is 0 Å². The molecule has 11 aromatic rings. The van der Waals surface area contributed by atoms with E-state index in [-0.39, 0.29) is 14.5 Å². The first kappa shape index (κ1) is 28.5. The third-order valence-electron chi connectivity index (χ3n) is 10.2. The van der Waals surface area contributed by atoms with Crippen LogP contribution in [0, 0.1) is 0 Å². The summed E-state index contributed by atoms with van der Waals surface area (Å²) in [6, 6.07) is 52.2. The van der Waals surface area contributed by atoms with Crippen molar-refractivity contribution in [1.29, 1.82) is 0 Å². The van der Waals surface area contributed by atoms with Crippen molar-refractivity contribution in [3.05, 3.63) is 164 Å². The van der Waals surface area contributed by atoms with Crippen molar-refractivity contribution in [1.82, 2.24) is 24.3 Å². The standard InChI is InChI=1S/C45H27N5Se/c1-3-11-30(12-4-1)49-37-17-9-7-15-32(37)34-23-28(19-21-39(34)49)36-25-46-26-41-43(36)44-42(51-41)27-47-48-45(44)29-20-22-40-35(24-29)33-16-8-10-18-38(33)50(40)31-13-5-2-6-14-31/h1-27H. The van der Waals surface area contributed by atoms with Gasteiger partial charge in [0.25, 0.3) is 0 Å². The minimum atomic E-state index is 0.0687. The number of nitrogens with zero attached hydrogens (tertiary/aromatic N) is 5. The number of aromatic nitrogens is 5. The van der Waals surface area contributed by atoms with E-state index in [9.17, 15) is 0 Å². The Morgan fingerprint density at radius 3 is 1.61 bits per heavy atom. The number of pyridine rings is 1. The monoisotopic (exact) mass is 717 g/mol. The molecule has 0 atom stereocenters. The molecule has 0 unspecified atom stereocenters. The Hall–Kier alpha value is -6.33. The van der Waals surface area contributed by atoms with Crippen LogP contribution in [0.4, 0.5) is 0 Å². The maximum absolute atomic E-state index is 4.86. The number of hydrogen-bond acceptors (Lipinski definition) is 3. The minimum absolute atomic E-state index is 0.0687. The Morgan fingerprint density at radius 1 is 0.431 bits per heavy atom. The van der Waals surface area contributed by atoms with Crippen LogP contribution in [-0.4, -0.2) is 38.8 Å². The maximum atomic E-state index is 4.86. The molecule has 5 aromatic heterocycles. The molecule has 0 fully saturated rings. The predicted octanol–water partition coefficient (Wildman–Crippen LogP) is 10.8. The Balaban J connectivity index is 1.15. The molecular weight excluding hydrogens is 689 g/mol. The molecule has 5 nitrogen and oxygen atoms in total. The molecule has 0 radical (unpaired) electrons. The summed E-state index contributed by atoms with van der Waals surface area (Å²) in [5.41, 5.74) is 11.3. The second-order valence-electron chi connectivity index (χ2n) is 12.9. The number of benzene rings is 6. The van der Waals surface area contributed by atoms with Gasteiger partial charge >= 0.3 is 300 Å². The Bertz CT molecular complexity index is 2920. The van der Waals surface area contributed by atoms with Crippen LogP contribution in [0.25, 0.3) is 96.7 Å². The number of rotatable bonds is 4. The first-order valence-corrected chi connectivity index (χ1v) is 18.7. The topological polar surface area (TPSA) is 48.5 Å². The number of para-hydroxylation sites is 4. The van der Waals surface area contributed by atoms with Crippen molar-refractivity contribution in [2.24, 2.45) is 0 Å². The van der Waals surface area contributed by atoms with Gasteiger partial charge in [-0.05, 0) is 0 Å². The van der Waals surface area contributed by atoms with E-state index in [0.717, 1.165) is 33.8 Å². The predicted molar refractivity (Wildman–Crippen MR) is 211 cm³/mol. The normalized spacial score (nSPS) is 11.9. The molecule has 11 rings (SSSR count). The van der Waals surface area contributed by atoms with Gasteiger partial charge in [0, 0.05) is 0 Å². The molecule has 0 spiro atoms. The molecule has 6 heteroatoms. The SMILES string of the molecule is c1ccc(-n2c3ccccc3c3cc(-c4cncc5[se]c6cnnc(-c7ccc8c(c7)c7ccccc7n8-c7ccccc7)c6c45)ccc32)cc1. The zero-order chi connectivity index (χ0) is 33.5. The molecule has 51 heavy (non-hydrogen) atoms. The van der Waals surface area contributed by atoms with Crippen molar-refractivity contribution in [2.45, 2.75) is 0 Å². The molecule has 238 valence electrons. The Labute approximate surface area is 298 Å². The zero-order valence-electron chi connectivity index (χ0n) is 27.2. The fourth-order valence-electron chi connectivity index (χ4n) is 7.98. The summed E-state index contributed by atoms with van der Waals surface area (Å²) >= 11 is 0.0687. The van der Waals surface area contributed by atoms with Gasteiger partial charge in [-0.25, -0.2) is 0 Å². The summed E-state index contributed by atoms with van der Waals surface area (Å²) in [5, 5.41) is 16.7. The average molecular weight is 717 g/mol. The van der Waals surface area contributed by atoms with E-state index >= 15 is 0 Å².